The summed E-state index contributed by atoms with van der Waals surface area (Å²) in [5, 5.41) is 0. The molecule has 1 unspecified atom stereocenters. The summed E-state index contributed by atoms with van der Waals surface area (Å²) in [6, 6.07) is 0. The van der Waals surface area contributed by atoms with Crippen LogP contribution >= 0.6 is 0 Å². The minimum absolute atomic E-state index is 0.0969. The molecule has 6 heteroatoms. The Morgan fingerprint density at radius 2 is 0.667 bits per heavy atom. The topological polar surface area (TPSA) is 78.9 Å². The number of hydrogen-bond donors (Lipinski definition) is 0. The van der Waals surface area contributed by atoms with Crippen LogP contribution in [0, 0.1) is 0 Å². The Balaban J connectivity index is 4.17. The molecule has 1 atom stereocenters. The van der Waals surface area contributed by atoms with Crippen molar-refractivity contribution in [3.8, 4) is 0 Å². The molecule has 0 amide bonds. The van der Waals surface area contributed by atoms with Gasteiger partial charge >= 0.3 is 17.9 Å². The zero-order valence-corrected chi connectivity index (χ0v) is 41.1. The molecule has 0 aliphatic carbocycles. The van der Waals surface area contributed by atoms with Crippen molar-refractivity contribution >= 4 is 17.9 Å². The molecule has 0 fully saturated rings. The Labute approximate surface area is 388 Å². The van der Waals surface area contributed by atoms with E-state index in [1.54, 1.807) is 6.08 Å². The molecule has 0 radical (unpaired) electrons. The SMILES string of the molecule is CC/C=C\C/C=C\C/C=C\C/C=C\C/C=C\CC(=O)OC(COC(=O)CCCCCCC)COC(=O)CCCCCCCCCCCCCCC/C=C\C/C=C\CCCCCCC. The number of rotatable bonds is 46. The molecule has 0 spiro atoms. The maximum atomic E-state index is 12.6. The van der Waals surface area contributed by atoms with E-state index in [0.717, 1.165) is 89.9 Å². The second-order valence-corrected chi connectivity index (χ2v) is 17.1. The van der Waals surface area contributed by atoms with Gasteiger partial charge in [0.2, 0.25) is 0 Å². The van der Waals surface area contributed by atoms with Crippen LogP contribution in [0.15, 0.2) is 85.1 Å². The van der Waals surface area contributed by atoms with Crippen molar-refractivity contribution in [1.29, 1.82) is 0 Å². The lowest BCUT2D eigenvalue weighted by Crippen LogP contribution is -2.30. The van der Waals surface area contributed by atoms with Crippen LogP contribution in [0.25, 0.3) is 0 Å². The molecule has 6 nitrogen and oxygen atoms in total. The van der Waals surface area contributed by atoms with Gasteiger partial charge in [0.1, 0.15) is 13.2 Å². The number of carbonyl (C=O) groups excluding carboxylic acids is 3. The zero-order chi connectivity index (χ0) is 45.8. The summed E-state index contributed by atoms with van der Waals surface area (Å²) in [6.45, 7) is 6.34. The summed E-state index contributed by atoms with van der Waals surface area (Å²) in [5.41, 5.74) is 0. The molecule has 0 aliphatic rings. The number of hydrogen-bond acceptors (Lipinski definition) is 6. The van der Waals surface area contributed by atoms with Gasteiger partial charge < -0.3 is 14.2 Å². The van der Waals surface area contributed by atoms with Gasteiger partial charge in [-0.1, -0.05) is 228 Å². The van der Waals surface area contributed by atoms with Crippen LogP contribution < -0.4 is 0 Å². The lowest BCUT2D eigenvalue weighted by Gasteiger charge is -2.18. The third-order valence-corrected chi connectivity index (χ3v) is 10.9. The Kier molecular flexibility index (Phi) is 48.5. The highest BCUT2D eigenvalue weighted by Gasteiger charge is 2.19. The van der Waals surface area contributed by atoms with Crippen molar-refractivity contribution in [1.82, 2.24) is 0 Å². The highest BCUT2D eigenvalue weighted by Crippen LogP contribution is 2.15. The van der Waals surface area contributed by atoms with E-state index in [1.807, 2.05) is 6.08 Å². The molecule has 0 bridgehead atoms. The van der Waals surface area contributed by atoms with Gasteiger partial charge in [0, 0.05) is 12.8 Å². The first-order valence-electron chi connectivity index (χ1n) is 26.1. The van der Waals surface area contributed by atoms with Crippen molar-refractivity contribution in [3.05, 3.63) is 85.1 Å². The lowest BCUT2D eigenvalue weighted by molar-refractivity contribution is -0.166. The zero-order valence-electron chi connectivity index (χ0n) is 41.1. The quantitative estimate of drug-likeness (QED) is 0.0262. The van der Waals surface area contributed by atoms with Gasteiger partial charge in [-0.25, -0.2) is 0 Å². The largest absolute Gasteiger partial charge is 0.462 e. The Hall–Kier alpha value is -3.41. The molecule has 63 heavy (non-hydrogen) atoms. The number of esters is 3. The fraction of sp³-hybridized carbons (Fsp3) is 0.702. The summed E-state index contributed by atoms with van der Waals surface area (Å²) >= 11 is 0. The van der Waals surface area contributed by atoms with Crippen LogP contribution in [0.4, 0.5) is 0 Å². The third-order valence-electron chi connectivity index (χ3n) is 10.9. The number of ether oxygens (including phenoxy) is 3. The first-order chi connectivity index (χ1) is 31.0. The second-order valence-electron chi connectivity index (χ2n) is 17.1. The van der Waals surface area contributed by atoms with Gasteiger partial charge in [-0.15, -0.1) is 0 Å². The predicted molar refractivity (Wildman–Crippen MR) is 270 cm³/mol. The first kappa shape index (κ1) is 59.6. The fourth-order valence-electron chi connectivity index (χ4n) is 7.02. The molecule has 0 rings (SSSR count). The molecule has 0 saturated heterocycles. The fourth-order valence-corrected chi connectivity index (χ4v) is 7.02. The molecule has 0 heterocycles. The Morgan fingerprint density at radius 1 is 0.349 bits per heavy atom. The van der Waals surface area contributed by atoms with Crippen molar-refractivity contribution in [2.45, 2.75) is 245 Å². The lowest BCUT2D eigenvalue weighted by atomic mass is 10.0. The highest BCUT2D eigenvalue weighted by molar-refractivity contribution is 5.72. The Morgan fingerprint density at radius 3 is 1.05 bits per heavy atom. The molecule has 0 aromatic rings. The van der Waals surface area contributed by atoms with Gasteiger partial charge in [0.05, 0.1) is 6.42 Å². The van der Waals surface area contributed by atoms with Crippen LogP contribution in [0.2, 0.25) is 0 Å². The maximum absolute atomic E-state index is 12.6. The number of allylic oxidation sites excluding steroid dienone is 13. The van der Waals surface area contributed by atoms with E-state index in [-0.39, 0.29) is 31.6 Å². The first-order valence-corrected chi connectivity index (χ1v) is 26.1. The van der Waals surface area contributed by atoms with Crippen molar-refractivity contribution < 1.29 is 28.6 Å². The molecule has 0 saturated carbocycles. The molecule has 0 N–H and O–H groups in total. The van der Waals surface area contributed by atoms with E-state index < -0.39 is 12.1 Å². The Bertz CT molecular complexity index is 1240. The summed E-state index contributed by atoms with van der Waals surface area (Å²) in [5.74, 6) is -1.06. The second kappa shape index (κ2) is 51.2. The molecule has 0 aromatic carbocycles. The van der Waals surface area contributed by atoms with E-state index in [2.05, 4.69) is 93.7 Å². The normalized spacial score (nSPS) is 12.7. The average molecular weight is 877 g/mol. The monoisotopic (exact) mass is 877 g/mol. The summed E-state index contributed by atoms with van der Waals surface area (Å²) in [6.07, 6.45) is 66.5. The molecule has 360 valence electrons. The van der Waals surface area contributed by atoms with Crippen LogP contribution in [-0.2, 0) is 28.6 Å². The van der Waals surface area contributed by atoms with Gasteiger partial charge in [0.15, 0.2) is 6.10 Å². The van der Waals surface area contributed by atoms with Gasteiger partial charge in [-0.2, -0.15) is 0 Å². The van der Waals surface area contributed by atoms with Crippen molar-refractivity contribution in [3.63, 3.8) is 0 Å². The van der Waals surface area contributed by atoms with E-state index in [9.17, 15) is 14.4 Å². The summed E-state index contributed by atoms with van der Waals surface area (Å²) in [7, 11) is 0. The molecular weight excluding hydrogens is 781 g/mol. The number of unbranched alkanes of at least 4 members (excludes halogenated alkanes) is 22. The van der Waals surface area contributed by atoms with E-state index >= 15 is 0 Å². The third kappa shape index (κ3) is 49.5. The van der Waals surface area contributed by atoms with E-state index in [4.69, 9.17) is 14.2 Å². The minimum Gasteiger partial charge on any atom is -0.462 e. The standard InChI is InChI=1S/C57H96O6/c1-4-7-10-13-15-17-19-21-23-24-25-26-27-28-29-30-31-32-34-35-37-39-41-44-47-50-56(59)62-53-54(52-61-55(58)49-46-43-12-9-6-3)63-57(60)51-48-45-42-40-38-36-33-22-20-18-16-14-11-8-5-2/h8,11,16,18-19,21-22,24-25,33,38,40,45,48,54H,4-7,9-10,12-15,17,20,23,26-32,34-37,39,41-44,46-47,49-53H2,1-3H3/b11-8-,18-16-,21-19-,25-24-,33-22-,40-38-,48-45-. The van der Waals surface area contributed by atoms with Gasteiger partial charge in [0.25, 0.3) is 0 Å². The van der Waals surface area contributed by atoms with E-state index in [0.29, 0.717) is 12.8 Å². The van der Waals surface area contributed by atoms with Gasteiger partial charge in [-0.3, -0.25) is 14.4 Å². The average Bonchev–Trinajstić information content (AvgIpc) is 3.28. The smallest absolute Gasteiger partial charge is 0.310 e. The summed E-state index contributed by atoms with van der Waals surface area (Å²) < 4.78 is 16.5. The number of carbonyl (C=O) groups is 3. The molecule has 0 aromatic heterocycles. The van der Waals surface area contributed by atoms with Crippen LogP contribution in [0.5, 0.6) is 0 Å². The summed E-state index contributed by atoms with van der Waals surface area (Å²) in [4.78, 5) is 37.6. The van der Waals surface area contributed by atoms with E-state index in [1.165, 1.54) is 109 Å². The van der Waals surface area contributed by atoms with Gasteiger partial charge in [-0.05, 0) is 77.0 Å². The predicted octanol–water partition coefficient (Wildman–Crippen LogP) is 17.2. The molecule has 0 aliphatic heterocycles. The van der Waals surface area contributed by atoms with Crippen molar-refractivity contribution in [2.75, 3.05) is 13.2 Å². The van der Waals surface area contributed by atoms with Crippen LogP contribution in [-0.4, -0.2) is 37.2 Å². The molecular formula is C57H96O6. The highest BCUT2D eigenvalue weighted by atomic mass is 16.6. The van der Waals surface area contributed by atoms with Crippen LogP contribution in [0.3, 0.4) is 0 Å². The minimum atomic E-state index is -0.826. The maximum Gasteiger partial charge on any atom is 0.310 e. The van der Waals surface area contributed by atoms with Crippen molar-refractivity contribution in [2.24, 2.45) is 0 Å². The van der Waals surface area contributed by atoms with Crippen LogP contribution in [0.1, 0.15) is 239 Å².